The second kappa shape index (κ2) is 6.34. The smallest absolute Gasteiger partial charge is 0.410 e. The van der Waals surface area contributed by atoms with Gasteiger partial charge in [-0.3, -0.25) is 9.69 Å². The summed E-state index contributed by atoms with van der Waals surface area (Å²) < 4.78 is 5.36. The van der Waals surface area contributed by atoms with E-state index in [1.54, 1.807) is 12.3 Å². The molecule has 0 spiro atoms. The van der Waals surface area contributed by atoms with Crippen LogP contribution in [0.2, 0.25) is 0 Å². The van der Waals surface area contributed by atoms with Crippen LogP contribution in [-0.2, 0) is 9.53 Å². The average Bonchev–Trinajstić information content (AvgIpc) is 2.89. The molecule has 2 heterocycles. The molecule has 0 saturated carbocycles. The number of aromatic nitrogens is 1. The van der Waals surface area contributed by atoms with Crippen LogP contribution < -0.4 is 5.32 Å². The van der Waals surface area contributed by atoms with Crippen molar-refractivity contribution < 1.29 is 14.3 Å². The van der Waals surface area contributed by atoms with Gasteiger partial charge >= 0.3 is 6.09 Å². The van der Waals surface area contributed by atoms with Gasteiger partial charge in [0.05, 0.1) is 0 Å². The minimum Gasteiger partial charge on any atom is -0.444 e. The van der Waals surface area contributed by atoms with Gasteiger partial charge in [-0.25, -0.2) is 9.78 Å². The molecule has 0 aliphatic carbocycles. The highest BCUT2D eigenvalue weighted by molar-refractivity contribution is 5.96. The molecule has 1 fully saturated rings. The number of pyridine rings is 1. The molecule has 6 nitrogen and oxygen atoms in total. The molecule has 1 N–H and O–H groups in total. The van der Waals surface area contributed by atoms with Crippen LogP contribution in [0.15, 0.2) is 18.3 Å². The van der Waals surface area contributed by atoms with Crippen molar-refractivity contribution in [2.45, 2.75) is 52.2 Å². The normalized spacial score (nSPS) is 18.2. The minimum absolute atomic E-state index is 0.222. The van der Waals surface area contributed by atoms with Gasteiger partial charge in [0.25, 0.3) is 0 Å². The first-order valence-electron chi connectivity index (χ1n) is 7.49. The molecule has 120 valence electrons. The van der Waals surface area contributed by atoms with Crippen LogP contribution in [-0.4, -0.2) is 40.1 Å². The number of likely N-dealkylation sites (tertiary alicyclic amines) is 1. The molecule has 0 unspecified atom stereocenters. The monoisotopic (exact) mass is 305 g/mol. The van der Waals surface area contributed by atoms with Gasteiger partial charge in [-0.05, 0) is 52.2 Å². The highest BCUT2D eigenvalue weighted by Crippen LogP contribution is 2.22. The number of rotatable bonds is 2. The van der Waals surface area contributed by atoms with Gasteiger partial charge < -0.3 is 10.1 Å². The summed E-state index contributed by atoms with van der Waals surface area (Å²) in [7, 11) is 0. The average molecular weight is 305 g/mol. The number of carbonyl (C=O) groups is 2. The first kappa shape index (κ1) is 16.3. The largest absolute Gasteiger partial charge is 0.444 e. The van der Waals surface area contributed by atoms with E-state index in [4.69, 9.17) is 4.74 Å². The van der Waals surface area contributed by atoms with E-state index in [2.05, 4.69) is 10.3 Å². The SMILES string of the molecule is Cc1ccc(NC(=O)[C@@H]2CCCN2C(=O)OC(C)(C)C)nc1. The fourth-order valence-corrected chi connectivity index (χ4v) is 2.33. The number of carbonyl (C=O) groups excluding carboxylic acids is 2. The van der Waals surface area contributed by atoms with Crippen molar-refractivity contribution in [2.75, 3.05) is 11.9 Å². The third kappa shape index (κ3) is 4.19. The van der Waals surface area contributed by atoms with Crippen LogP contribution >= 0.6 is 0 Å². The van der Waals surface area contributed by atoms with Crippen molar-refractivity contribution in [3.05, 3.63) is 23.9 Å². The molecular weight excluding hydrogens is 282 g/mol. The van der Waals surface area contributed by atoms with E-state index in [-0.39, 0.29) is 5.91 Å². The summed E-state index contributed by atoms with van der Waals surface area (Å²) in [6, 6.07) is 3.13. The molecule has 1 aromatic rings. The summed E-state index contributed by atoms with van der Waals surface area (Å²) in [6.45, 7) is 7.90. The van der Waals surface area contributed by atoms with Crippen molar-refractivity contribution in [2.24, 2.45) is 0 Å². The first-order valence-corrected chi connectivity index (χ1v) is 7.49. The number of hydrogen-bond donors (Lipinski definition) is 1. The van der Waals surface area contributed by atoms with Crippen molar-refractivity contribution in [1.82, 2.24) is 9.88 Å². The van der Waals surface area contributed by atoms with Gasteiger partial charge in [0.15, 0.2) is 0 Å². The summed E-state index contributed by atoms with van der Waals surface area (Å²) in [4.78, 5) is 30.2. The molecule has 0 radical (unpaired) electrons. The lowest BCUT2D eigenvalue weighted by Crippen LogP contribution is -2.45. The van der Waals surface area contributed by atoms with Crippen molar-refractivity contribution in [3.63, 3.8) is 0 Å². The predicted octanol–water partition coefficient (Wildman–Crippen LogP) is 2.73. The van der Waals surface area contributed by atoms with Gasteiger partial charge in [-0.15, -0.1) is 0 Å². The van der Waals surface area contributed by atoms with Crippen LogP contribution in [0.1, 0.15) is 39.2 Å². The van der Waals surface area contributed by atoms with Gasteiger partial charge in [0.1, 0.15) is 17.5 Å². The molecule has 2 rings (SSSR count). The number of ether oxygens (including phenoxy) is 1. The predicted molar refractivity (Wildman–Crippen MR) is 83.6 cm³/mol. The van der Waals surface area contributed by atoms with Gasteiger partial charge in [-0.2, -0.15) is 0 Å². The Bertz CT molecular complexity index is 549. The summed E-state index contributed by atoms with van der Waals surface area (Å²) in [5.41, 5.74) is 0.452. The second-order valence-corrected chi connectivity index (χ2v) is 6.54. The van der Waals surface area contributed by atoms with Crippen LogP contribution in [0.5, 0.6) is 0 Å². The third-order valence-electron chi connectivity index (χ3n) is 3.35. The Kier molecular flexibility index (Phi) is 4.68. The molecule has 1 atom stereocenters. The molecular formula is C16H23N3O3. The van der Waals surface area contributed by atoms with E-state index in [9.17, 15) is 9.59 Å². The number of nitrogens with one attached hydrogen (secondary N) is 1. The Labute approximate surface area is 130 Å². The maximum atomic E-state index is 12.4. The molecule has 0 aromatic carbocycles. The quantitative estimate of drug-likeness (QED) is 0.912. The van der Waals surface area contributed by atoms with E-state index in [1.807, 2.05) is 33.8 Å². The lowest BCUT2D eigenvalue weighted by molar-refractivity contribution is -0.120. The zero-order chi connectivity index (χ0) is 16.3. The zero-order valence-electron chi connectivity index (χ0n) is 13.5. The lowest BCUT2D eigenvalue weighted by Gasteiger charge is -2.27. The Morgan fingerprint density at radius 2 is 2.09 bits per heavy atom. The van der Waals surface area contributed by atoms with Crippen LogP contribution in [0, 0.1) is 6.92 Å². The Morgan fingerprint density at radius 3 is 2.68 bits per heavy atom. The molecule has 6 heteroatoms. The number of anilines is 1. The zero-order valence-corrected chi connectivity index (χ0v) is 13.5. The molecule has 22 heavy (non-hydrogen) atoms. The number of amides is 2. The van der Waals surface area contributed by atoms with Crippen LogP contribution in [0.4, 0.5) is 10.6 Å². The minimum atomic E-state index is -0.570. The molecule has 2 amide bonds. The Morgan fingerprint density at radius 1 is 1.36 bits per heavy atom. The maximum absolute atomic E-state index is 12.4. The van der Waals surface area contributed by atoms with Gasteiger partial charge in [0.2, 0.25) is 5.91 Å². The fourth-order valence-electron chi connectivity index (χ4n) is 2.33. The summed E-state index contributed by atoms with van der Waals surface area (Å²) in [5, 5.41) is 2.76. The molecule has 1 saturated heterocycles. The van der Waals surface area contributed by atoms with Crippen molar-refractivity contribution in [3.8, 4) is 0 Å². The first-order chi connectivity index (χ1) is 10.3. The van der Waals surface area contributed by atoms with E-state index in [1.165, 1.54) is 4.90 Å². The molecule has 1 aromatic heterocycles. The molecule has 0 bridgehead atoms. The molecule has 1 aliphatic rings. The van der Waals surface area contributed by atoms with E-state index < -0.39 is 17.7 Å². The van der Waals surface area contributed by atoms with Crippen LogP contribution in [0.25, 0.3) is 0 Å². The van der Waals surface area contributed by atoms with E-state index in [0.717, 1.165) is 12.0 Å². The summed E-state index contributed by atoms with van der Waals surface area (Å²) >= 11 is 0. The molecule has 1 aliphatic heterocycles. The number of aryl methyl sites for hydroxylation is 1. The lowest BCUT2D eigenvalue weighted by atomic mass is 10.2. The van der Waals surface area contributed by atoms with E-state index in [0.29, 0.717) is 18.8 Å². The van der Waals surface area contributed by atoms with Crippen molar-refractivity contribution >= 4 is 17.8 Å². The third-order valence-corrected chi connectivity index (χ3v) is 3.35. The van der Waals surface area contributed by atoms with Crippen LogP contribution in [0.3, 0.4) is 0 Å². The fraction of sp³-hybridized carbons (Fsp3) is 0.562. The standard InChI is InChI=1S/C16H23N3O3/c1-11-7-8-13(17-10-11)18-14(20)12-6-5-9-19(12)15(21)22-16(2,3)4/h7-8,10,12H,5-6,9H2,1-4H3,(H,17,18,20)/t12-/m0/s1. The summed E-state index contributed by atoms with van der Waals surface area (Å²) in [6.07, 6.45) is 2.67. The highest BCUT2D eigenvalue weighted by Gasteiger charge is 2.36. The summed E-state index contributed by atoms with van der Waals surface area (Å²) in [5.74, 6) is 0.270. The van der Waals surface area contributed by atoms with Gasteiger partial charge in [0, 0.05) is 12.7 Å². The van der Waals surface area contributed by atoms with E-state index >= 15 is 0 Å². The van der Waals surface area contributed by atoms with Crippen molar-refractivity contribution in [1.29, 1.82) is 0 Å². The Hall–Kier alpha value is -2.11. The second-order valence-electron chi connectivity index (χ2n) is 6.54. The Balaban J connectivity index is 2.01. The van der Waals surface area contributed by atoms with Gasteiger partial charge in [-0.1, -0.05) is 6.07 Å². The maximum Gasteiger partial charge on any atom is 0.410 e. The number of hydrogen-bond acceptors (Lipinski definition) is 4. The highest BCUT2D eigenvalue weighted by atomic mass is 16.6. The topological polar surface area (TPSA) is 71.5 Å². The number of nitrogens with zero attached hydrogens (tertiary/aromatic N) is 2.